The monoisotopic (exact) mass is 288 g/mol. The second-order valence-corrected chi connectivity index (χ2v) is 4.56. The summed E-state index contributed by atoms with van der Waals surface area (Å²) >= 11 is 5.87. The maximum Gasteiger partial charge on any atom is 0.0430 e. The van der Waals surface area contributed by atoms with Gasteiger partial charge in [0, 0.05) is 35.9 Å². The minimum atomic E-state index is 0. The van der Waals surface area contributed by atoms with Gasteiger partial charge in [-0.1, -0.05) is 11.6 Å². The lowest BCUT2D eigenvalue weighted by Gasteiger charge is -2.29. The Morgan fingerprint density at radius 2 is 2.00 bits per heavy atom. The van der Waals surface area contributed by atoms with E-state index >= 15 is 0 Å². The molecule has 1 aromatic carbocycles. The smallest absolute Gasteiger partial charge is 0.0430 e. The quantitative estimate of drug-likeness (QED) is 0.854. The highest BCUT2D eigenvalue weighted by Crippen LogP contribution is 2.29. The molecule has 0 saturated carbocycles. The lowest BCUT2D eigenvalue weighted by molar-refractivity contribution is 0.580. The first-order valence-electron chi connectivity index (χ1n) is 5.08. The summed E-state index contributed by atoms with van der Waals surface area (Å²) < 4.78 is 0. The molecule has 0 spiro atoms. The van der Waals surface area contributed by atoms with Gasteiger partial charge in [0.25, 0.3) is 0 Å². The molecule has 1 aromatic rings. The van der Waals surface area contributed by atoms with Crippen LogP contribution in [0.15, 0.2) is 24.3 Å². The third-order valence-corrected chi connectivity index (χ3v) is 3.47. The first kappa shape index (κ1) is 11.2. The zero-order valence-electron chi connectivity index (χ0n) is 8.32. The Bertz CT molecular complexity index is 341. The van der Waals surface area contributed by atoms with Gasteiger partial charge in [0.1, 0.15) is 0 Å². The summed E-state index contributed by atoms with van der Waals surface area (Å²) in [4.78, 5) is 2.48. The molecule has 0 amide bonds. The van der Waals surface area contributed by atoms with E-state index in [1.165, 1.54) is 12.1 Å². The fourth-order valence-electron chi connectivity index (χ4n) is 2.51. The summed E-state index contributed by atoms with van der Waals surface area (Å²) in [6.45, 7) is 2.28. The van der Waals surface area contributed by atoms with Crippen molar-refractivity contribution < 1.29 is 0 Å². The van der Waals surface area contributed by atoms with Crippen LogP contribution >= 0.6 is 28.6 Å². The number of halogens is 2. The summed E-state index contributed by atoms with van der Waals surface area (Å²) in [6.07, 6.45) is 1.29. The van der Waals surface area contributed by atoms with Crippen molar-refractivity contribution in [2.45, 2.75) is 18.5 Å². The fourth-order valence-corrected chi connectivity index (χ4v) is 2.64. The molecule has 2 aliphatic rings. The van der Waals surface area contributed by atoms with Gasteiger partial charge in [0.05, 0.1) is 0 Å². The number of hydrogen-bond acceptors (Lipinski definition) is 2. The molecule has 2 heterocycles. The lowest BCUT2D eigenvalue weighted by atomic mass is 10.2. The number of nitrogens with zero attached hydrogens (tertiary/aromatic N) is 1. The van der Waals surface area contributed by atoms with Crippen LogP contribution in [0, 0.1) is 0 Å². The van der Waals surface area contributed by atoms with Crippen LogP contribution in [0.3, 0.4) is 0 Å². The molecular formula is C11H14BrClN2. The fraction of sp³-hybridized carbons (Fsp3) is 0.455. The van der Waals surface area contributed by atoms with Crippen LogP contribution in [0.2, 0.25) is 5.02 Å². The lowest BCUT2D eigenvalue weighted by Crippen LogP contribution is -2.43. The van der Waals surface area contributed by atoms with Gasteiger partial charge in [0.2, 0.25) is 0 Å². The summed E-state index contributed by atoms with van der Waals surface area (Å²) in [5.74, 6) is 0. The van der Waals surface area contributed by atoms with E-state index in [-0.39, 0.29) is 17.0 Å². The maximum absolute atomic E-state index is 5.87. The van der Waals surface area contributed by atoms with Crippen molar-refractivity contribution in [1.29, 1.82) is 0 Å². The zero-order chi connectivity index (χ0) is 9.54. The van der Waals surface area contributed by atoms with Crippen molar-refractivity contribution in [2.24, 2.45) is 0 Å². The van der Waals surface area contributed by atoms with Gasteiger partial charge in [-0.05, 0) is 30.7 Å². The molecule has 2 aliphatic heterocycles. The Morgan fingerprint density at radius 1 is 1.27 bits per heavy atom. The van der Waals surface area contributed by atoms with E-state index in [4.69, 9.17) is 11.6 Å². The molecular weight excluding hydrogens is 275 g/mol. The molecule has 0 aliphatic carbocycles. The van der Waals surface area contributed by atoms with Crippen molar-refractivity contribution in [3.63, 3.8) is 0 Å². The normalized spacial score (nSPS) is 27.9. The highest BCUT2D eigenvalue weighted by molar-refractivity contribution is 8.93. The van der Waals surface area contributed by atoms with Crippen molar-refractivity contribution in [1.82, 2.24) is 5.32 Å². The predicted octanol–water partition coefficient (Wildman–Crippen LogP) is 2.47. The molecule has 0 unspecified atom stereocenters. The Hall–Kier alpha value is -0.250. The molecule has 0 aromatic heterocycles. The van der Waals surface area contributed by atoms with E-state index in [9.17, 15) is 0 Å². The largest absolute Gasteiger partial charge is 0.366 e. The number of nitrogens with one attached hydrogen (secondary N) is 1. The van der Waals surface area contributed by atoms with Gasteiger partial charge in [-0.2, -0.15) is 0 Å². The van der Waals surface area contributed by atoms with E-state index < -0.39 is 0 Å². The topological polar surface area (TPSA) is 15.3 Å². The molecule has 82 valence electrons. The Kier molecular flexibility index (Phi) is 3.24. The number of fused-ring (bicyclic) bond motifs is 2. The highest BCUT2D eigenvalue weighted by Gasteiger charge is 2.37. The molecule has 2 fully saturated rings. The van der Waals surface area contributed by atoms with Crippen molar-refractivity contribution in [2.75, 3.05) is 18.0 Å². The van der Waals surface area contributed by atoms with Gasteiger partial charge in [-0.15, -0.1) is 17.0 Å². The van der Waals surface area contributed by atoms with Crippen LogP contribution < -0.4 is 10.2 Å². The minimum Gasteiger partial charge on any atom is -0.366 e. The number of piperazine rings is 1. The third-order valence-electron chi connectivity index (χ3n) is 3.21. The van der Waals surface area contributed by atoms with Crippen molar-refractivity contribution in [3.05, 3.63) is 29.3 Å². The molecule has 0 radical (unpaired) electrons. The van der Waals surface area contributed by atoms with E-state index in [1.54, 1.807) is 0 Å². The minimum absolute atomic E-state index is 0. The van der Waals surface area contributed by atoms with Crippen LogP contribution in [0.5, 0.6) is 0 Å². The molecule has 2 bridgehead atoms. The molecule has 1 N–H and O–H groups in total. The van der Waals surface area contributed by atoms with Crippen molar-refractivity contribution >= 4 is 34.3 Å². The van der Waals surface area contributed by atoms with Gasteiger partial charge in [0.15, 0.2) is 0 Å². The zero-order valence-corrected chi connectivity index (χ0v) is 10.8. The van der Waals surface area contributed by atoms with E-state index in [0.29, 0.717) is 12.1 Å². The summed E-state index contributed by atoms with van der Waals surface area (Å²) in [5, 5.41) is 4.32. The Morgan fingerprint density at radius 3 is 2.53 bits per heavy atom. The van der Waals surface area contributed by atoms with E-state index in [1.807, 2.05) is 12.1 Å². The Balaban J connectivity index is 0.000000853. The van der Waals surface area contributed by atoms with Crippen LogP contribution in [-0.4, -0.2) is 25.2 Å². The summed E-state index contributed by atoms with van der Waals surface area (Å²) in [5.41, 5.74) is 1.31. The number of anilines is 1. The van der Waals surface area contributed by atoms with Gasteiger partial charge in [-0.25, -0.2) is 0 Å². The van der Waals surface area contributed by atoms with Crippen LogP contribution in [0.4, 0.5) is 5.69 Å². The van der Waals surface area contributed by atoms with Crippen LogP contribution in [-0.2, 0) is 0 Å². The van der Waals surface area contributed by atoms with Crippen molar-refractivity contribution in [3.8, 4) is 0 Å². The molecule has 2 nitrogen and oxygen atoms in total. The molecule has 4 heteroatoms. The summed E-state index contributed by atoms with van der Waals surface area (Å²) in [7, 11) is 0. The number of benzene rings is 1. The van der Waals surface area contributed by atoms with Crippen LogP contribution in [0.1, 0.15) is 6.42 Å². The maximum atomic E-state index is 5.87. The van der Waals surface area contributed by atoms with Crippen LogP contribution in [0.25, 0.3) is 0 Å². The first-order chi connectivity index (χ1) is 6.83. The molecule has 15 heavy (non-hydrogen) atoms. The average Bonchev–Trinajstić information content (AvgIpc) is 2.80. The molecule has 2 atom stereocenters. The first-order valence-corrected chi connectivity index (χ1v) is 5.46. The van der Waals surface area contributed by atoms with E-state index in [2.05, 4.69) is 22.3 Å². The molecule has 2 saturated heterocycles. The third kappa shape index (κ3) is 2.01. The predicted molar refractivity (Wildman–Crippen MR) is 69.3 cm³/mol. The standard InChI is InChI=1S/C11H13ClN2.BrH/c12-8-1-3-10(4-2-8)14-7-9-5-11(14)6-13-9;/h1-4,9,11,13H,5-7H2;1H/t9-,11-;/m1./s1. The average molecular weight is 290 g/mol. The Labute approximate surface area is 105 Å². The van der Waals surface area contributed by atoms with Gasteiger partial charge >= 0.3 is 0 Å². The summed E-state index contributed by atoms with van der Waals surface area (Å²) in [6, 6.07) is 9.57. The number of rotatable bonds is 1. The van der Waals surface area contributed by atoms with E-state index in [0.717, 1.165) is 18.1 Å². The highest BCUT2D eigenvalue weighted by atomic mass is 79.9. The SMILES string of the molecule is Br.Clc1ccc(N2C[C@H]3C[C@@H]2CN3)cc1. The molecule has 3 rings (SSSR count). The number of hydrogen-bond donors (Lipinski definition) is 1. The van der Waals surface area contributed by atoms with Gasteiger partial charge in [-0.3, -0.25) is 0 Å². The second-order valence-electron chi connectivity index (χ2n) is 4.12. The van der Waals surface area contributed by atoms with Gasteiger partial charge < -0.3 is 10.2 Å². The second kappa shape index (κ2) is 4.32.